The lowest BCUT2D eigenvalue weighted by molar-refractivity contribution is -0.385. The minimum Gasteiger partial charge on any atom is -0.310 e. The molecule has 1 aromatic carbocycles. The Hall–Kier alpha value is -2.56. The first-order valence-electron chi connectivity index (χ1n) is 9.28. The summed E-state index contributed by atoms with van der Waals surface area (Å²) in [7, 11) is -4.00. The Morgan fingerprint density at radius 2 is 2.07 bits per heavy atom. The third kappa shape index (κ3) is 4.61. The van der Waals surface area contributed by atoms with Crippen LogP contribution in [-0.2, 0) is 14.8 Å². The number of carbonyl (C=O) groups is 1. The second-order valence-electron chi connectivity index (χ2n) is 7.20. The first-order chi connectivity index (χ1) is 14.1. The van der Waals surface area contributed by atoms with Gasteiger partial charge in [-0.05, 0) is 49.9 Å². The lowest BCUT2D eigenvalue weighted by Crippen LogP contribution is -2.44. The fourth-order valence-electron chi connectivity index (χ4n) is 3.37. The van der Waals surface area contributed by atoms with Crippen molar-refractivity contribution < 1.29 is 18.1 Å². The fraction of sp³-hybridized carbons (Fsp3) is 0.368. The van der Waals surface area contributed by atoms with Crippen molar-refractivity contribution in [1.82, 2.24) is 9.29 Å². The van der Waals surface area contributed by atoms with Crippen LogP contribution in [-0.4, -0.2) is 41.6 Å². The maximum atomic E-state index is 13.2. The maximum absolute atomic E-state index is 13.2. The summed E-state index contributed by atoms with van der Waals surface area (Å²) in [5.74, 6) is -0.572. The Morgan fingerprint density at radius 3 is 2.70 bits per heavy atom. The quantitative estimate of drug-likeness (QED) is 0.548. The predicted molar refractivity (Wildman–Crippen MR) is 112 cm³/mol. The Kier molecular flexibility index (Phi) is 6.39. The first-order valence-corrected chi connectivity index (χ1v) is 11.1. The third-order valence-corrected chi connectivity index (χ3v) is 7.38. The zero-order valence-corrected chi connectivity index (χ0v) is 18.0. The third-order valence-electron chi connectivity index (χ3n) is 5.17. The molecule has 3 rings (SSSR count). The van der Waals surface area contributed by atoms with Gasteiger partial charge in [0, 0.05) is 31.4 Å². The highest BCUT2D eigenvalue weighted by Gasteiger charge is 2.35. The van der Waals surface area contributed by atoms with Crippen molar-refractivity contribution in [3.05, 3.63) is 56.7 Å². The van der Waals surface area contributed by atoms with Crippen LogP contribution in [0.3, 0.4) is 0 Å². The van der Waals surface area contributed by atoms with Gasteiger partial charge in [-0.25, -0.2) is 13.4 Å². The van der Waals surface area contributed by atoms with E-state index in [1.165, 1.54) is 16.6 Å². The second-order valence-corrected chi connectivity index (χ2v) is 9.54. The average Bonchev–Trinajstić information content (AvgIpc) is 2.71. The fourth-order valence-corrected chi connectivity index (χ4v) is 5.33. The molecule has 1 saturated heterocycles. The number of piperidine rings is 1. The summed E-state index contributed by atoms with van der Waals surface area (Å²) in [5, 5.41) is 14.3. The van der Waals surface area contributed by atoms with Crippen molar-refractivity contribution >= 4 is 39.0 Å². The van der Waals surface area contributed by atoms with E-state index in [1.54, 1.807) is 26.0 Å². The van der Waals surface area contributed by atoms with E-state index in [9.17, 15) is 23.3 Å². The van der Waals surface area contributed by atoms with Crippen molar-refractivity contribution in [3.8, 4) is 0 Å². The molecule has 0 saturated carbocycles. The number of anilines is 1. The molecular formula is C19H21ClN4O5S. The Bertz CT molecular complexity index is 1090. The van der Waals surface area contributed by atoms with Crippen LogP contribution in [0.5, 0.6) is 0 Å². The van der Waals surface area contributed by atoms with Gasteiger partial charge in [-0.3, -0.25) is 14.9 Å². The summed E-state index contributed by atoms with van der Waals surface area (Å²) < 4.78 is 27.7. The van der Waals surface area contributed by atoms with Crippen LogP contribution in [0.4, 0.5) is 11.5 Å². The van der Waals surface area contributed by atoms with E-state index in [1.807, 2.05) is 0 Å². The zero-order chi connectivity index (χ0) is 22.1. The molecule has 1 amide bonds. The summed E-state index contributed by atoms with van der Waals surface area (Å²) in [4.78, 5) is 27.1. The normalized spacial score (nSPS) is 17.5. The molecule has 11 heteroatoms. The summed E-state index contributed by atoms with van der Waals surface area (Å²) in [6.07, 6.45) is 2.43. The monoisotopic (exact) mass is 452 g/mol. The van der Waals surface area contributed by atoms with E-state index in [-0.39, 0.29) is 29.6 Å². The number of hydrogen-bond donors (Lipinski definition) is 1. The molecule has 1 atom stereocenters. The largest absolute Gasteiger partial charge is 0.310 e. The molecule has 2 aromatic rings. The van der Waals surface area contributed by atoms with Crippen molar-refractivity contribution in [2.24, 2.45) is 5.92 Å². The molecule has 2 heterocycles. The van der Waals surface area contributed by atoms with Gasteiger partial charge in [0.15, 0.2) is 0 Å². The van der Waals surface area contributed by atoms with Crippen LogP contribution in [0, 0.1) is 29.9 Å². The number of nitro groups is 1. The lowest BCUT2D eigenvalue weighted by Gasteiger charge is -2.31. The highest BCUT2D eigenvalue weighted by molar-refractivity contribution is 7.89. The minimum absolute atomic E-state index is 0.0110. The summed E-state index contributed by atoms with van der Waals surface area (Å²) in [6.45, 7) is 3.48. The SMILES string of the molecule is Cc1cc([N+](=O)[O-])cc(S(=O)(=O)N2CCCC(C(=O)Nc3ccc(Cl)cn3)C2)c1C. The standard InChI is InChI=1S/C19H21ClN4O5S/c1-12-8-16(24(26)27)9-17(13(12)2)30(28,29)23-7-3-4-14(11-23)19(25)22-18-6-5-15(20)10-21-18/h5-6,8-10,14H,3-4,7,11H2,1-2H3,(H,21,22,25). The van der Waals surface area contributed by atoms with Crippen molar-refractivity contribution in [2.45, 2.75) is 31.6 Å². The molecule has 30 heavy (non-hydrogen) atoms. The van der Waals surface area contributed by atoms with Gasteiger partial charge in [0.25, 0.3) is 5.69 Å². The van der Waals surface area contributed by atoms with Gasteiger partial charge in [-0.2, -0.15) is 4.31 Å². The number of amides is 1. The second kappa shape index (κ2) is 8.66. The molecule has 9 nitrogen and oxygen atoms in total. The van der Waals surface area contributed by atoms with Gasteiger partial charge in [0.05, 0.1) is 20.8 Å². The average molecular weight is 453 g/mol. The van der Waals surface area contributed by atoms with Crippen LogP contribution in [0.25, 0.3) is 0 Å². The van der Waals surface area contributed by atoms with Crippen molar-refractivity contribution in [1.29, 1.82) is 0 Å². The van der Waals surface area contributed by atoms with E-state index in [0.717, 1.165) is 6.07 Å². The molecule has 1 N–H and O–H groups in total. The zero-order valence-electron chi connectivity index (χ0n) is 16.5. The molecule has 1 aliphatic rings. The molecule has 0 bridgehead atoms. The minimum atomic E-state index is -4.00. The van der Waals surface area contributed by atoms with Crippen LogP contribution < -0.4 is 5.32 Å². The van der Waals surface area contributed by atoms with Crippen LogP contribution in [0.1, 0.15) is 24.0 Å². The number of nitrogens with one attached hydrogen (secondary N) is 1. The molecule has 0 radical (unpaired) electrons. The van der Waals surface area contributed by atoms with Gasteiger partial charge in [-0.1, -0.05) is 11.6 Å². The number of aryl methyl sites for hydroxylation is 1. The topological polar surface area (TPSA) is 123 Å². The van der Waals surface area contributed by atoms with E-state index < -0.39 is 20.9 Å². The van der Waals surface area contributed by atoms with E-state index >= 15 is 0 Å². The van der Waals surface area contributed by atoms with E-state index in [0.29, 0.717) is 34.8 Å². The Labute approximate surface area is 179 Å². The first kappa shape index (κ1) is 22.1. The highest BCUT2D eigenvalue weighted by Crippen LogP contribution is 2.30. The Morgan fingerprint density at radius 1 is 1.33 bits per heavy atom. The van der Waals surface area contributed by atoms with Crippen LogP contribution >= 0.6 is 11.6 Å². The number of nitrogens with zero attached hydrogens (tertiary/aromatic N) is 3. The van der Waals surface area contributed by atoms with Gasteiger partial charge in [0.1, 0.15) is 5.82 Å². The molecule has 1 unspecified atom stereocenters. The predicted octanol–water partition coefficient (Wildman–Crippen LogP) is 3.30. The van der Waals surface area contributed by atoms with Crippen molar-refractivity contribution in [3.63, 3.8) is 0 Å². The molecule has 0 aliphatic carbocycles. The molecular weight excluding hydrogens is 432 g/mol. The number of hydrogen-bond acceptors (Lipinski definition) is 6. The number of sulfonamides is 1. The van der Waals surface area contributed by atoms with Crippen LogP contribution in [0.15, 0.2) is 35.4 Å². The summed E-state index contributed by atoms with van der Waals surface area (Å²) >= 11 is 5.79. The van der Waals surface area contributed by atoms with Gasteiger partial charge in [0.2, 0.25) is 15.9 Å². The number of aromatic nitrogens is 1. The van der Waals surface area contributed by atoms with Gasteiger partial charge < -0.3 is 5.32 Å². The number of rotatable bonds is 5. The van der Waals surface area contributed by atoms with E-state index in [2.05, 4.69) is 10.3 Å². The molecule has 1 fully saturated rings. The number of carbonyl (C=O) groups excluding carboxylic acids is 1. The lowest BCUT2D eigenvalue weighted by atomic mass is 9.99. The molecule has 1 aromatic heterocycles. The maximum Gasteiger partial charge on any atom is 0.271 e. The van der Waals surface area contributed by atoms with E-state index in [4.69, 9.17) is 11.6 Å². The van der Waals surface area contributed by atoms with Gasteiger partial charge in [-0.15, -0.1) is 0 Å². The smallest absolute Gasteiger partial charge is 0.271 e. The van der Waals surface area contributed by atoms with Crippen molar-refractivity contribution in [2.75, 3.05) is 18.4 Å². The Balaban J connectivity index is 1.83. The molecule has 1 aliphatic heterocycles. The summed E-state index contributed by atoms with van der Waals surface area (Å²) in [6, 6.07) is 5.58. The number of benzene rings is 1. The van der Waals surface area contributed by atoms with Gasteiger partial charge >= 0.3 is 0 Å². The number of non-ortho nitro benzene ring substituents is 1. The highest BCUT2D eigenvalue weighted by atomic mass is 35.5. The number of halogens is 1. The molecule has 0 spiro atoms. The van der Waals surface area contributed by atoms with Crippen LogP contribution in [0.2, 0.25) is 5.02 Å². The summed E-state index contributed by atoms with van der Waals surface area (Å²) in [5.41, 5.74) is 0.692. The number of pyridine rings is 1. The molecule has 160 valence electrons. The number of nitro benzene ring substituents is 1.